The van der Waals surface area contributed by atoms with Crippen molar-refractivity contribution in [1.82, 2.24) is 5.32 Å². The van der Waals surface area contributed by atoms with Crippen LogP contribution in [0.15, 0.2) is 24.3 Å². The van der Waals surface area contributed by atoms with E-state index in [-0.39, 0.29) is 18.3 Å². The lowest BCUT2D eigenvalue weighted by atomic mass is 10.0. The summed E-state index contributed by atoms with van der Waals surface area (Å²) in [6.45, 7) is 5.99. The Morgan fingerprint density at radius 3 is 2.32 bits per heavy atom. The first-order valence-electron chi connectivity index (χ1n) is 7.49. The molecule has 122 valence electrons. The normalized spacial score (nSPS) is 11.9. The van der Waals surface area contributed by atoms with Crippen molar-refractivity contribution in [2.24, 2.45) is 5.92 Å². The van der Waals surface area contributed by atoms with Crippen molar-refractivity contribution in [3.63, 3.8) is 0 Å². The molecule has 0 aliphatic rings. The van der Waals surface area contributed by atoms with Crippen LogP contribution in [-0.2, 0) is 14.3 Å². The third-order valence-corrected chi connectivity index (χ3v) is 3.22. The predicted molar refractivity (Wildman–Crippen MR) is 84.6 cm³/mol. The number of carbonyl (C=O) groups is 2. The lowest BCUT2D eigenvalue weighted by molar-refractivity contribution is -0.144. The Balaban J connectivity index is 2.67. The van der Waals surface area contributed by atoms with Gasteiger partial charge in [-0.1, -0.05) is 26.0 Å². The van der Waals surface area contributed by atoms with Gasteiger partial charge in [0.05, 0.1) is 26.2 Å². The van der Waals surface area contributed by atoms with Crippen LogP contribution in [-0.4, -0.2) is 25.6 Å². The van der Waals surface area contributed by atoms with E-state index in [2.05, 4.69) is 19.2 Å². The van der Waals surface area contributed by atoms with Crippen LogP contribution in [0.4, 0.5) is 0 Å². The lowest BCUT2D eigenvalue weighted by Gasteiger charge is -2.18. The molecule has 0 heterocycles. The van der Waals surface area contributed by atoms with Crippen LogP contribution in [0.25, 0.3) is 0 Å². The summed E-state index contributed by atoms with van der Waals surface area (Å²) in [6, 6.07) is 6.87. The van der Waals surface area contributed by atoms with Gasteiger partial charge in [-0.25, -0.2) is 0 Å². The molecule has 0 aliphatic heterocycles. The highest BCUT2D eigenvalue weighted by Crippen LogP contribution is 2.21. The molecule has 0 radical (unpaired) electrons. The average Bonchev–Trinajstić information content (AvgIpc) is 2.46. The van der Waals surface area contributed by atoms with E-state index < -0.39 is 6.04 Å². The first-order chi connectivity index (χ1) is 10.4. The number of methoxy groups -OCH3 is 1. The molecule has 1 N–H and O–H groups in total. The van der Waals surface area contributed by atoms with Crippen LogP contribution >= 0.6 is 0 Å². The number of rotatable bonds is 8. The summed E-state index contributed by atoms with van der Waals surface area (Å²) >= 11 is 0. The molecule has 0 spiro atoms. The number of amides is 1. The largest absolute Gasteiger partial charge is 0.497 e. The van der Waals surface area contributed by atoms with Crippen LogP contribution in [0.1, 0.15) is 45.2 Å². The first-order valence-corrected chi connectivity index (χ1v) is 7.49. The van der Waals surface area contributed by atoms with Gasteiger partial charge in [-0.15, -0.1) is 0 Å². The number of nitrogens with one attached hydrogen (secondary N) is 1. The number of hydrogen-bond acceptors (Lipinski definition) is 4. The maximum Gasteiger partial charge on any atom is 0.308 e. The minimum absolute atomic E-state index is 0.115. The van der Waals surface area contributed by atoms with Crippen LogP contribution in [0.2, 0.25) is 0 Å². The Kier molecular flexibility index (Phi) is 7.43. The van der Waals surface area contributed by atoms with E-state index in [0.29, 0.717) is 12.5 Å². The number of esters is 1. The molecule has 1 rings (SSSR count). The van der Waals surface area contributed by atoms with Gasteiger partial charge in [-0.3, -0.25) is 9.59 Å². The van der Waals surface area contributed by atoms with Crippen LogP contribution in [0.3, 0.4) is 0 Å². The topological polar surface area (TPSA) is 64.6 Å². The molecule has 0 aromatic heterocycles. The molecule has 0 unspecified atom stereocenters. The van der Waals surface area contributed by atoms with Gasteiger partial charge < -0.3 is 14.8 Å². The molecule has 0 fully saturated rings. The van der Waals surface area contributed by atoms with E-state index in [1.54, 1.807) is 19.2 Å². The van der Waals surface area contributed by atoms with Gasteiger partial charge in [0.1, 0.15) is 5.75 Å². The molecule has 5 heteroatoms. The Labute approximate surface area is 132 Å². The molecular weight excluding hydrogens is 282 g/mol. The van der Waals surface area contributed by atoms with Crippen LogP contribution in [0.5, 0.6) is 5.75 Å². The van der Waals surface area contributed by atoms with E-state index in [1.807, 2.05) is 12.1 Å². The van der Waals surface area contributed by atoms with Crippen molar-refractivity contribution in [2.45, 2.75) is 39.7 Å². The Bertz CT molecular complexity index is 482. The lowest BCUT2D eigenvalue weighted by Crippen LogP contribution is -2.28. The van der Waals surface area contributed by atoms with Gasteiger partial charge in [0.2, 0.25) is 5.91 Å². The first kappa shape index (κ1) is 18.0. The van der Waals surface area contributed by atoms with Gasteiger partial charge in [-0.2, -0.15) is 0 Å². The zero-order valence-electron chi connectivity index (χ0n) is 13.7. The van der Waals surface area contributed by atoms with Crippen LogP contribution < -0.4 is 10.1 Å². The molecular formula is C17H25NO4. The number of carbonyl (C=O) groups excluding carboxylic acids is 2. The van der Waals surface area contributed by atoms with E-state index in [0.717, 1.165) is 17.7 Å². The highest BCUT2D eigenvalue weighted by molar-refractivity contribution is 5.76. The van der Waals surface area contributed by atoms with Crippen LogP contribution in [0, 0.1) is 5.92 Å². The number of benzene rings is 1. The molecule has 0 aliphatic carbocycles. The predicted octanol–water partition coefficient (Wildman–Crippen LogP) is 2.85. The Hall–Kier alpha value is -2.04. The number of ether oxygens (including phenoxy) is 2. The standard InChI is InChI=1S/C17H25NO4/c1-12(2)9-10-22-17(20)11-16(18-13(3)19)14-5-7-15(21-4)8-6-14/h5-8,12,16H,9-11H2,1-4H3,(H,18,19)/t16-/m0/s1. The third-order valence-electron chi connectivity index (χ3n) is 3.22. The van der Waals surface area contributed by atoms with Crippen molar-refractivity contribution in [1.29, 1.82) is 0 Å². The quantitative estimate of drug-likeness (QED) is 0.750. The molecule has 5 nitrogen and oxygen atoms in total. The Morgan fingerprint density at radius 2 is 1.82 bits per heavy atom. The summed E-state index contributed by atoms with van der Waals surface area (Å²) < 4.78 is 10.3. The molecule has 0 saturated heterocycles. The van der Waals surface area contributed by atoms with Gasteiger partial charge >= 0.3 is 5.97 Å². The van der Waals surface area contributed by atoms with E-state index in [1.165, 1.54) is 6.92 Å². The average molecular weight is 307 g/mol. The molecule has 1 aromatic rings. The zero-order chi connectivity index (χ0) is 16.5. The van der Waals surface area contributed by atoms with Crippen molar-refractivity contribution in [3.8, 4) is 5.75 Å². The highest BCUT2D eigenvalue weighted by atomic mass is 16.5. The van der Waals surface area contributed by atoms with E-state index >= 15 is 0 Å². The fourth-order valence-electron chi connectivity index (χ4n) is 1.97. The minimum Gasteiger partial charge on any atom is -0.497 e. The minimum atomic E-state index is -0.394. The summed E-state index contributed by atoms with van der Waals surface area (Å²) in [4.78, 5) is 23.3. The van der Waals surface area contributed by atoms with Gasteiger partial charge in [-0.05, 0) is 30.0 Å². The highest BCUT2D eigenvalue weighted by Gasteiger charge is 2.18. The molecule has 1 amide bonds. The second-order valence-electron chi connectivity index (χ2n) is 5.63. The van der Waals surface area contributed by atoms with Crippen molar-refractivity contribution in [2.75, 3.05) is 13.7 Å². The van der Waals surface area contributed by atoms with Gasteiger partial charge in [0.25, 0.3) is 0 Å². The van der Waals surface area contributed by atoms with E-state index in [9.17, 15) is 9.59 Å². The third kappa shape index (κ3) is 6.61. The van der Waals surface area contributed by atoms with Crippen molar-refractivity contribution < 1.29 is 19.1 Å². The summed E-state index contributed by atoms with van der Waals surface area (Å²) in [5.74, 6) is 0.719. The molecule has 1 atom stereocenters. The smallest absolute Gasteiger partial charge is 0.308 e. The van der Waals surface area contributed by atoms with Gasteiger partial charge in [0, 0.05) is 6.92 Å². The fourth-order valence-corrected chi connectivity index (χ4v) is 1.97. The molecule has 0 saturated carbocycles. The summed E-state index contributed by atoms with van der Waals surface area (Å²) in [7, 11) is 1.59. The Morgan fingerprint density at radius 1 is 1.18 bits per heavy atom. The monoisotopic (exact) mass is 307 g/mol. The second kappa shape index (κ2) is 9.07. The summed E-state index contributed by atoms with van der Waals surface area (Å²) in [5.41, 5.74) is 0.844. The number of hydrogen-bond donors (Lipinski definition) is 1. The summed E-state index contributed by atoms with van der Waals surface area (Å²) in [5, 5.41) is 2.78. The van der Waals surface area contributed by atoms with Gasteiger partial charge in [0.15, 0.2) is 0 Å². The molecule has 1 aromatic carbocycles. The maximum absolute atomic E-state index is 11.9. The second-order valence-corrected chi connectivity index (χ2v) is 5.63. The van der Waals surface area contributed by atoms with Crippen molar-refractivity contribution in [3.05, 3.63) is 29.8 Å². The van der Waals surface area contributed by atoms with E-state index in [4.69, 9.17) is 9.47 Å². The summed E-state index contributed by atoms with van der Waals surface area (Å²) in [6.07, 6.45) is 0.948. The molecule has 0 bridgehead atoms. The molecule has 22 heavy (non-hydrogen) atoms. The van der Waals surface area contributed by atoms with Crippen molar-refractivity contribution >= 4 is 11.9 Å². The SMILES string of the molecule is COc1ccc([C@H](CC(=O)OCCC(C)C)NC(C)=O)cc1. The maximum atomic E-state index is 11.9. The zero-order valence-corrected chi connectivity index (χ0v) is 13.7. The fraction of sp³-hybridized carbons (Fsp3) is 0.529.